The van der Waals surface area contributed by atoms with Crippen molar-refractivity contribution in [3.8, 4) is 5.75 Å². The molecule has 0 aliphatic rings. The monoisotopic (exact) mass is 405 g/mol. The van der Waals surface area contributed by atoms with Crippen molar-refractivity contribution in [2.24, 2.45) is 0 Å². The Hall–Kier alpha value is -2.38. The predicted octanol–water partition coefficient (Wildman–Crippen LogP) is 3.87. The summed E-state index contributed by atoms with van der Waals surface area (Å²) in [4.78, 5) is 25.4. The standard InChI is InChI=1S/C21H27NO5S/c1-5-26-21(25)19-14(3)15(4)28-20(19)22-18(24)12-27-17-10-8-16(9-11-17)7-6-13(2)23/h8-11,13,23H,5-7,12H2,1-4H3,(H,22,24). The summed E-state index contributed by atoms with van der Waals surface area (Å²) in [5.41, 5.74) is 2.31. The number of aryl methyl sites for hydroxylation is 2. The number of hydrogen-bond acceptors (Lipinski definition) is 6. The van der Waals surface area contributed by atoms with E-state index in [1.807, 2.05) is 26.0 Å². The Balaban J connectivity index is 1.94. The van der Waals surface area contributed by atoms with Gasteiger partial charge in [-0.25, -0.2) is 4.79 Å². The maximum Gasteiger partial charge on any atom is 0.341 e. The van der Waals surface area contributed by atoms with E-state index in [0.29, 0.717) is 22.7 Å². The summed E-state index contributed by atoms with van der Waals surface area (Å²) >= 11 is 1.35. The van der Waals surface area contributed by atoms with Gasteiger partial charge in [-0.2, -0.15) is 0 Å². The van der Waals surface area contributed by atoms with Gasteiger partial charge in [0.1, 0.15) is 10.8 Å². The van der Waals surface area contributed by atoms with E-state index in [1.165, 1.54) is 11.3 Å². The maximum absolute atomic E-state index is 12.3. The van der Waals surface area contributed by atoms with E-state index < -0.39 is 5.97 Å². The van der Waals surface area contributed by atoms with Gasteiger partial charge in [0.2, 0.25) is 0 Å². The first kappa shape index (κ1) is 21.9. The molecule has 1 atom stereocenters. The highest BCUT2D eigenvalue weighted by molar-refractivity contribution is 7.16. The molecular weight excluding hydrogens is 378 g/mol. The third kappa shape index (κ3) is 6.07. The molecule has 1 unspecified atom stereocenters. The third-order valence-electron chi connectivity index (χ3n) is 4.26. The quantitative estimate of drug-likeness (QED) is 0.619. The minimum Gasteiger partial charge on any atom is -0.484 e. The fourth-order valence-electron chi connectivity index (χ4n) is 2.60. The zero-order valence-electron chi connectivity index (χ0n) is 16.7. The minimum atomic E-state index is -0.437. The molecule has 2 aromatic rings. The van der Waals surface area contributed by atoms with Crippen LogP contribution in [-0.2, 0) is 16.0 Å². The van der Waals surface area contributed by atoms with Crippen LogP contribution in [0.2, 0.25) is 0 Å². The van der Waals surface area contributed by atoms with Crippen molar-refractivity contribution in [1.29, 1.82) is 0 Å². The molecule has 0 bridgehead atoms. The van der Waals surface area contributed by atoms with E-state index in [4.69, 9.17) is 9.47 Å². The zero-order valence-corrected chi connectivity index (χ0v) is 17.5. The SMILES string of the molecule is CCOC(=O)c1c(NC(=O)COc2ccc(CCC(C)O)cc2)sc(C)c1C. The number of carbonyl (C=O) groups is 2. The largest absolute Gasteiger partial charge is 0.484 e. The molecule has 0 saturated carbocycles. The van der Waals surface area contributed by atoms with Crippen molar-refractivity contribution in [2.75, 3.05) is 18.5 Å². The molecule has 0 aliphatic heterocycles. The van der Waals surface area contributed by atoms with Crippen LogP contribution >= 0.6 is 11.3 Å². The van der Waals surface area contributed by atoms with Gasteiger partial charge in [0.15, 0.2) is 6.61 Å². The average Bonchev–Trinajstić information content (AvgIpc) is 2.92. The van der Waals surface area contributed by atoms with Crippen LogP contribution in [0, 0.1) is 13.8 Å². The Labute approximate surface area is 169 Å². The maximum atomic E-state index is 12.3. The normalized spacial score (nSPS) is 11.8. The van der Waals surface area contributed by atoms with Gasteiger partial charge in [-0.05, 0) is 63.8 Å². The summed E-state index contributed by atoms with van der Waals surface area (Å²) in [6.45, 7) is 7.35. The first-order chi connectivity index (χ1) is 13.3. The van der Waals surface area contributed by atoms with Crippen molar-refractivity contribution >= 4 is 28.2 Å². The molecule has 0 saturated heterocycles. The van der Waals surface area contributed by atoms with Crippen LogP contribution < -0.4 is 10.1 Å². The van der Waals surface area contributed by atoms with Crippen LogP contribution in [0.1, 0.15) is 46.6 Å². The Morgan fingerprint density at radius 2 is 1.89 bits per heavy atom. The Morgan fingerprint density at radius 3 is 2.50 bits per heavy atom. The summed E-state index contributed by atoms with van der Waals surface area (Å²) in [7, 11) is 0. The number of nitrogens with one attached hydrogen (secondary N) is 1. The molecule has 7 heteroatoms. The Morgan fingerprint density at radius 1 is 1.21 bits per heavy atom. The summed E-state index contributed by atoms with van der Waals surface area (Å²) in [6, 6.07) is 7.43. The number of amides is 1. The molecule has 1 heterocycles. The molecule has 0 radical (unpaired) electrons. The van der Waals surface area contributed by atoms with Gasteiger partial charge in [0.25, 0.3) is 5.91 Å². The highest BCUT2D eigenvalue weighted by Crippen LogP contribution is 2.33. The molecule has 0 spiro atoms. The predicted molar refractivity (Wildman–Crippen MR) is 110 cm³/mol. The van der Waals surface area contributed by atoms with E-state index >= 15 is 0 Å². The lowest BCUT2D eigenvalue weighted by molar-refractivity contribution is -0.118. The molecule has 6 nitrogen and oxygen atoms in total. The molecule has 2 rings (SSSR count). The van der Waals surface area contributed by atoms with Crippen molar-refractivity contribution < 1.29 is 24.2 Å². The number of aliphatic hydroxyl groups is 1. The number of esters is 1. The summed E-state index contributed by atoms with van der Waals surface area (Å²) in [5, 5.41) is 12.6. The lowest BCUT2D eigenvalue weighted by atomic mass is 10.1. The van der Waals surface area contributed by atoms with Crippen molar-refractivity contribution in [3.63, 3.8) is 0 Å². The molecule has 1 aromatic carbocycles. The number of aliphatic hydroxyl groups excluding tert-OH is 1. The molecule has 0 fully saturated rings. The number of ether oxygens (including phenoxy) is 2. The number of anilines is 1. The van der Waals surface area contributed by atoms with Crippen molar-refractivity contribution in [3.05, 3.63) is 45.8 Å². The summed E-state index contributed by atoms with van der Waals surface area (Å²) < 4.78 is 10.6. The van der Waals surface area contributed by atoms with Gasteiger partial charge >= 0.3 is 5.97 Å². The molecule has 2 N–H and O–H groups in total. The van der Waals surface area contributed by atoms with E-state index in [9.17, 15) is 14.7 Å². The van der Waals surface area contributed by atoms with Crippen LogP contribution in [0.4, 0.5) is 5.00 Å². The molecule has 1 aromatic heterocycles. The summed E-state index contributed by atoms with van der Waals surface area (Å²) in [6.07, 6.45) is 1.15. The Kier molecular flexibility index (Phi) is 8.02. The Bertz CT molecular complexity index is 811. The van der Waals surface area contributed by atoms with Crippen molar-refractivity contribution in [1.82, 2.24) is 0 Å². The third-order valence-corrected chi connectivity index (χ3v) is 5.38. The first-order valence-electron chi connectivity index (χ1n) is 9.28. The van der Waals surface area contributed by atoms with E-state index in [-0.39, 0.29) is 25.2 Å². The van der Waals surface area contributed by atoms with Gasteiger partial charge in [0.05, 0.1) is 18.3 Å². The smallest absolute Gasteiger partial charge is 0.341 e. The molecule has 0 aliphatic carbocycles. The lowest BCUT2D eigenvalue weighted by Crippen LogP contribution is -2.21. The van der Waals surface area contributed by atoms with Crippen LogP contribution in [-0.4, -0.2) is 36.3 Å². The van der Waals surface area contributed by atoms with Crippen LogP contribution in [0.3, 0.4) is 0 Å². The van der Waals surface area contributed by atoms with Gasteiger partial charge in [-0.3, -0.25) is 4.79 Å². The van der Waals surface area contributed by atoms with Gasteiger partial charge in [-0.15, -0.1) is 11.3 Å². The highest BCUT2D eigenvalue weighted by atomic mass is 32.1. The van der Waals surface area contributed by atoms with Gasteiger partial charge in [0, 0.05) is 4.88 Å². The van der Waals surface area contributed by atoms with Crippen LogP contribution in [0.15, 0.2) is 24.3 Å². The number of rotatable bonds is 9. The summed E-state index contributed by atoms with van der Waals surface area (Å²) in [5.74, 6) is -0.196. The molecule has 152 valence electrons. The van der Waals surface area contributed by atoms with Gasteiger partial charge in [-0.1, -0.05) is 12.1 Å². The number of benzene rings is 1. The number of thiophene rings is 1. The lowest BCUT2D eigenvalue weighted by Gasteiger charge is -2.09. The molecule has 1 amide bonds. The minimum absolute atomic E-state index is 0.161. The van der Waals surface area contributed by atoms with E-state index in [0.717, 1.165) is 22.4 Å². The molecule has 28 heavy (non-hydrogen) atoms. The van der Waals surface area contributed by atoms with Crippen molar-refractivity contribution in [2.45, 2.75) is 46.6 Å². The fraction of sp³-hybridized carbons (Fsp3) is 0.429. The van der Waals surface area contributed by atoms with Gasteiger partial charge < -0.3 is 19.9 Å². The molecular formula is C21H27NO5S. The average molecular weight is 406 g/mol. The first-order valence-corrected chi connectivity index (χ1v) is 10.1. The second kappa shape index (κ2) is 10.2. The highest BCUT2D eigenvalue weighted by Gasteiger charge is 2.22. The van der Waals surface area contributed by atoms with E-state index in [1.54, 1.807) is 26.0 Å². The van der Waals surface area contributed by atoms with Crippen LogP contribution in [0.25, 0.3) is 0 Å². The van der Waals surface area contributed by atoms with Crippen LogP contribution in [0.5, 0.6) is 5.75 Å². The topological polar surface area (TPSA) is 84.9 Å². The fourth-order valence-corrected chi connectivity index (χ4v) is 3.67. The zero-order chi connectivity index (χ0) is 20.7. The second-order valence-electron chi connectivity index (χ2n) is 6.58. The number of carbonyl (C=O) groups excluding carboxylic acids is 2. The number of hydrogen-bond donors (Lipinski definition) is 2. The second-order valence-corrected chi connectivity index (χ2v) is 7.80. The van der Waals surface area contributed by atoms with E-state index in [2.05, 4.69) is 5.32 Å².